The Morgan fingerprint density at radius 2 is 2.10 bits per heavy atom. The number of hydrogen-bond donors (Lipinski definition) is 1. The maximum atomic E-state index is 12.6. The zero-order valence-electron chi connectivity index (χ0n) is 11.4. The number of halogens is 1. The lowest BCUT2D eigenvalue weighted by atomic mass is 9.80. The molecule has 1 saturated carbocycles. The minimum absolute atomic E-state index is 0.0657. The highest BCUT2D eigenvalue weighted by molar-refractivity contribution is 6.32. The highest BCUT2D eigenvalue weighted by atomic mass is 35.5. The summed E-state index contributed by atoms with van der Waals surface area (Å²) in [4.78, 5) is 14.5. The molecule has 3 rings (SSSR count). The molecule has 0 unspecified atom stereocenters. The van der Waals surface area contributed by atoms with Gasteiger partial charge in [0.1, 0.15) is 0 Å². The number of aliphatic hydroxyl groups excluding tert-OH is 1. The van der Waals surface area contributed by atoms with Crippen LogP contribution in [-0.2, 0) is 0 Å². The van der Waals surface area contributed by atoms with Crippen LogP contribution < -0.4 is 0 Å². The summed E-state index contributed by atoms with van der Waals surface area (Å²) in [6.07, 6.45) is 7.24. The Kier molecular flexibility index (Phi) is 4.03. The van der Waals surface area contributed by atoms with Crippen LogP contribution in [0.1, 0.15) is 48.9 Å². The van der Waals surface area contributed by atoms with Gasteiger partial charge in [-0.25, -0.2) is 0 Å². The van der Waals surface area contributed by atoms with E-state index in [1.807, 2.05) is 4.90 Å². The van der Waals surface area contributed by atoms with Gasteiger partial charge in [0.05, 0.1) is 17.9 Å². The fourth-order valence-corrected chi connectivity index (χ4v) is 3.87. The van der Waals surface area contributed by atoms with Crippen LogP contribution in [0.5, 0.6) is 0 Å². The zero-order valence-corrected chi connectivity index (χ0v) is 12.2. The van der Waals surface area contributed by atoms with Crippen molar-refractivity contribution in [2.45, 2.75) is 50.7 Å². The zero-order chi connectivity index (χ0) is 14.1. The summed E-state index contributed by atoms with van der Waals surface area (Å²) in [5.41, 5.74) is 0.434. The number of rotatable bonds is 2. The highest BCUT2D eigenvalue weighted by Crippen LogP contribution is 2.35. The maximum Gasteiger partial charge on any atom is 0.258 e. The molecule has 4 nitrogen and oxygen atoms in total. The van der Waals surface area contributed by atoms with Crippen molar-refractivity contribution in [3.8, 4) is 0 Å². The van der Waals surface area contributed by atoms with Gasteiger partial charge in [-0.3, -0.25) is 4.79 Å². The van der Waals surface area contributed by atoms with Crippen molar-refractivity contribution in [3.05, 3.63) is 23.1 Å². The van der Waals surface area contributed by atoms with E-state index in [1.165, 1.54) is 6.26 Å². The maximum absolute atomic E-state index is 12.6. The van der Waals surface area contributed by atoms with E-state index in [9.17, 15) is 9.90 Å². The molecule has 0 spiro atoms. The minimum Gasteiger partial charge on any atom is -0.452 e. The lowest BCUT2D eigenvalue weighted by Gasteiger charge is -2.37. The van der Waals surface area contributed by atoms with Crippen LogP contribution in [0.4, 0.5) is 0 Å². The monoisotopic (exact) mass is 297 g/mol. The summed E-state index contributed by atoms with van der Waals surface area (Å²) in [5, 5.41) is 10.4. The van der Waals surface area contributed by atoms with Crippen molar-refractivity contribution in [1.82, 2.24) is 4.90 Å². The Hall–Kier alpha value is -1.00. The first kappa shape index (κ1) is 14.0. The van der Waals surface area contributed by atoms with Gasteiger partial charge in [-0.2, -0.15) is 0 Å². The predicted octanol–water partition coefficient (Wildman–Crippen LogP) is 3.09. The smallest absolute Gasteiger partial charge is 0.258 e. The first-order valence-electron chi connectivity index (χ1n) is 7.40. The molecule has 1 aromatic heterocycles. The van der Waals surface area contributed by atoms with Crippen molar-refractivity contribution in [2.75, 3.05) is 6.54 Å². The van der Waals surface area contributed by atoms with Gasteiger partial charge < -0.3 is 14.4 Å². The number of carbonyl (C=O) groups excluding carboxylic acids is 1. The van der Waals surface area contributed by atoms with Gasteiger partial charge in [-0.15, -0.1) is 0 Å². The standard InChI is InChI=1S/C15H20ClNO3/c16-14-11(7-9-20-14)15(19)17-8-3-5-12(17)10-4-1-2-6-13(10)18/h7,9-10,12-13,18H,1-6,8H2/t10-,12+,13+/m0/s1. The molecule has 2 heterocycles. The Morgan fingerprint density at radius 3 is 2.80 bits per heavy atom. The summed E-state index contributed by atoms with van der Waals surface area (Å²) in [6, 6.07) is 1.76. The van der Waals surface area contributed by atoms with Crippen molar-refractivity contribution in [1.29, 1.82) is 0 Å². The second kappa shape index (κ2) is 5.78. The van der Waals surface area contributed by atoms with Gasteiger partial charge in [0.2, 0.25) is 5.22 Å². The van der Waals surface area contributed by atoms with Crippen LogP contribution >= 0.6 is 11.6 Å². The van der Waals surface area contributed by atoms with E-state index in [0.717, 1.165) is 45.1 Å². The second-order valence-corrected chi connectivity index (χ2v) is 6.18. The minimum atomic E-state index is -0.276. The molecular weight excluding hydrogens is 278 g/mol. The highest BCUT2D eigenvalue weighted by Gasteiger charge is 2.39. The average Bonchev–Trinajstić information content (AvgIpc) is 3.07. The van der Waals surface area contributed by atoms with Crippen LogP contribution in [0.2, 0.25) is 5.22 Å². The fraction of sp³-hybridized carbons (Fsp3) is 0.667. The molecule has 0 aromatic carbocycles. The fourth-order valence-electron chi connectivity index (χ4n) is 3.68. The molecule has 2 aliphatic rings. The van der Waals surface area contributed by atoms with Crippen LogP contribution in [-0.4, -0.2) is 34.6 Å². The summed E-state index contributed by atoms with van der Waals surface area (Å²) in [6.45, 7) is 0.744. The van der Waals surface area contributed by atoms with Crippen LogP contribution in [0.25, 0.3) is 0 Å². The molecule has 110 valence electrons. The first-order chi connectivity index (χ1) is 9.68. The molecule has 1 aromatic rings. The van der Waals surface area contributed by atoms with Crippen LogP contribution in [0, 0.1) is 5.92 Å². The lowest BCUT2D eigenvalue weighted by Crippen LogP contribution is -2.45. The van der Waals surface area contributed by atoms with Crippen LogP contribution in [0.3, 0.4) is 0 Å². The molecule has 20 heavy (non-hydrogen) atoms. The number of nitrogens with zero attached hydrogens (tertiary/aromatic N) is 1. The van der Waals surface area contributed by atoms with E-state index in [1.54, 1.807) is 6.07 Å². The summed E-state index contributed by atoms with van der Waals surface area (Å²) in [7, 11) is 0. The normalized spacial score (nSPS) is 30.7. The Bertz CT molecular complexity index is 487. The van der Waals surface area contributed by atoms with Gasteiger partial charge >= 0.3 is 0 Å². The van der Waals surface area contributed by atoms with E-state index in [4.69, 9.17) is 16.0 Å². The summed E-state index contributed by atoms with van der Waals surface area (Å²) >= 11 is 5.91. The average molecular weight is 298 g/mol. The van der Waals surface area contributed by atoms with Crippen molar-refractivity contribution in [3.63, 3.8) is 0 Å². The Balaban J connectivity index is 1.78. The molecular formula is C15H20ClNO3. The summed E-state index contributed by atoms with van der Waals surface area (Å²) in [5.74, 6) is 0.143. The summed E-state index contributed by atoms with van der Waals surface area (Å²) < 4.78 is 5.02. The van der Waals surface area contributed by atoms with E-state index in [-0.39, 0.29) is 29.2 Å². The SMILES string of the molecule is O=C(c1ccoc1Cl)N1CCC[C@@H]1[C@@H]1CCCC[C@H]1O. The molecule has 0 radical (unpaired) electrons. The quantitative estimate of drug-likeness (QED) is 0.912. The third-order valence-electron chi connectivity index (χ3n) is 4.68. The van der Waals surface area contributed by atoms with Gasteiger partial charge in [0.15, 0.2) is 0 Å². The van der Waals surface area contributed by atoms with Crippen molar-refractivity contribution in [2.24, 2.45) is 5.92 Å². The first-order valence-corrected chi connectivity index (χ1v) is 7.78. The Morgan fingerprint density at radius 1 is 1.30 bits per heavy atom. The Labute approximate surface area is 123 Å². The third kappa shape index (κ3) is 2.47. The number of likely N-dealkylation sites (tertiary alicyclic amines) is 1. The number of aliphatic hydroxyl groups is 1. The number of amides is 1. The number of hydrogen-bond acceptors (Lipinski definition) is 3. The molecule has 0 bridgehead atoms. The number of carbonyl (C=O) groups is 1. The van der Waals surface area contributed by atoms with Crippen molar-refractivity contribution >= 4 is 17.5 Å². The second-order valence-electron chi connectivity index (χ2n) is 5.83. The molecule has 3 atom stereocenters. The van der Waals surface area contributed by atoms with E-state index in [0.29, 0.717) is 5.56 Å². The largest absolute Gasteiger partial charge is 0.452 e. The molecule has 2 fully saturated rings. The third-order valence-corrected chi connectivity index (χ3v) is 4.98. The molecule has 1 amide bonds. The van der Waals surface area contributed by atoms with Crippen molar-refractivity contribution < 1.29 is 14.3 Å². The molecule has 1 aliphatic carbocycles. The topological polar surface area (TPSA) is 53.7 Å². The van der Waals surface area contributed by atoms with Gasteiger partial charge in [-0.05, 0) is 43.4 Å². The molecule has 1 aliphatic heterocycles. The molecule has 5 heteroatoms. The molecule has 1 saturated heterocycles. The van der Waals surface area contributed by atoms with Gasteiger partial charge in [-0.1, -0.05) is 12.8 Å². The van der Waals surface area contributed by atoms with E-state index >= 15 is 0 Å². The van der Waals surface area contributed by atoms with Crippen LogP contribution in [0.15, 0.2) is 16.7 Å². The van der Waals surface area contributed by atoms with E-state index in [2.05, 4.69) is 0 Å². The van der Waals surface area contributed by atoms with Gasteiger partial charge in [0, 0.05) is 18.5 Å². The number of furan rings is 1. The predicted molar refractivity (Wildman–Crippen MR) is 75.7 cm³/mol. The lowest BCUT2D eigenvalue weighted by molar-refractivity contribution is 0.0211. The molecule has 1 N–H and O–H groups in total. The van der Waals surface area contributed by atoms with Gasteiger partial charge in [0.25, 0.3) is 5.91 Å². The van der Waals surface area contributed by atoms with E-state index < -0.39 is 0 Å².